The van der Waals surface area contributed by atoms with Gasteiger partial charge in [0.1, 0.15) is 4.88 Å². The SMILES string of the molecule is COC(=O)c1nc(NCCCCC(F)(F)F)sc1C(C)=O. The van der Waals surface area contributed by atoms with Crippen molar-refractivity contribution in [3.05, 3.63) is 10.6 Å². The zero-order chi connectivity index (χ0) is 16.0. The number of Topliss-reactive ketones (excluding diaryl/α,β-unsaturated/α-hetero) is 1. The Bertz CT molecular complexity index is 514. The van der Waals surface area contributed by atoms with E-state index in [2.05, 4.69) is 15.0 Å². The molecule has 1 aromatic rings. The van der Waals surface area contributed by atoms with E-state index in [-0.39, 0.29) is 29.3 Å². The maximum absolute atomic E-state index is 12.0. The number of carbonyl (C=O) groups excluding carboxylic acids is 2. The number of nitrogens with one attached hydrogen (secondary N) is 1. The lowest BCUT2D eigenvalue weighted by molar-refractivity contribution is -0.135. The third-order valence-corrected chi connectivity index (χ3v) is 3.60. The molecule has 0 atom stereocenters. The highest BCUT2D eigenvalue weighted by Gasteiger charge is 2.26. The first kappa shape index (κ1) is 17.4. The molecule has 0 saturated carbocycles. The Kier molecular flexibility index (Phi) is 6.13. The standard InChI is InChI=1S/C12H15F3N2O3S/c1-7(18)9-8(10(19)20-2)17-11(21-9)16-6-4-3-5-12(13,14)15/h3-6H2,1-2H3,(H,16,17). The van der Waals surface area contributed by atoms with Gasteiger partial charge in [-0.15, -0.1) is 0 Å². The van der Waals surface area contributed by atoms with Crippen LogP contribution in [0.1, 0.15) is 46.3 Å². The maximum atomic E-state index is 12.0. The highest BCUT2D eigenvalue weighted by Crippen LogP contribution is 2.25. The molecule has 0 spiro atoms. The van der Waals surface area contributed by atoms with E-state index >= 15 is 0 Å². The van der Waals surface area contributed by atoms with E-state index in [4.69, 9.17) is 0 Å². The molecule has 118 valence electrons. The van der Waals surface area contributed by atoms with E-state index < -0.39 is 18.6 Å². The predicted molar refractivity (Wildman–Crippen MR) is 71.9 cm³/mol. The molecule has 1 N–H and O–H groups in total. The molecule has 1 aromatic heterocycles. The molecule has 0 saturated heterocycles. The van der Waals surface area contributed by atoms with Crippen molar-refractivity contribution in [3.63, 3.8) is 0 Å². The average molecular weight is 324 g/mol. The van der Waals surface area contributed by atoms with Crippen LogP contribution in [0.4, 0.5) is 18.3 Å². The van der Waals surface area contributed by atoms with Crippen LogP contribution in [0.5, 0.6) is 0 Å². The number of aromatic nitrogens is 1. The van der Waals surface area contributed by atoms with Crippen LogP contribution >= 0.6 is 11.3 Å². The first-order valence-corrected chi connectivity index (χ1v) is 6.97. The number of anilines is 1. The van der Waals surface area contributed by atoms with E-state index in [1.807, 2.05) is 0 Å². The van der Waals surface area contributed by atoms with Crippen LogP contribution in [0.15, 0.2) is 0 Å². The monoisotopic (exact) mass is 324 g/mol. The van der Waals surface area contributed by atoms with E-state index in [9.17, 15) is 22.8 Å². The summed E-state index contributed by atoms with van der Waals surface area (Å²) in [6, 6.07) is 0. The number of hydrogen-bond donors (Lipinski definition) is 1. The Morgan fingerprint density at radius 3 is 2.52 bits per heavy atom. The van der Waals surface area contributed by atoms with Gasteiger partial charge in [-0.1, -0.05) is 11.3 Å². The van der Waals surface area contributed by atoms with Gasteiger partial charge in [0.25, 0.3) is 0 Å². The van der Waals surface area contributed by atoms with Crippen molar-refractivity contribution in [3.8, 4) is 0 Å². The Labute approximate surface area is 123 Å². The number of ketones is 1. The van der Waals surface area contributed by atoms with Gasteiger partial charge in [-0.05, 0) is 12.8 Å². The number of unbranched alkanes of at least 4 members (excludes halogenated alkanes) is 1. The van der Waals surface area contributed by atoms with Gasteiger partial charge in [-0.2, -0.15) is 13.2 Å². The van der Waals surface area contributed by atoms with Gasteiger partial charge in [0.15, 0.2) is 16.6 Å². The molecule has 0 aliphatic carbocycles. The maximum Gasteiger partial charge on any atom is 0.389 e. The van der Waals surface area contributed by atoms with E-state index in [0.29, 0.717) is 11.6 Å². The molecule has 1 rings (SSSR count). The summed E-state index contributed by atoms with van der Waals surface area (Å²) < 4.78 is 40.4. The van der Waals surface area contributed by atoms with Crippen LogP contribution in [-0.2, 0) is 4.74 Å². The van der Waals surface area contributed by atoms with Gasteiger partial charge in [0.2, 0.25) is 0 Å². The summed E-state index contributed by atoms with van der Waals surface area (Å²) in [7, 11) is 1.18. The van der Waals surface area contributed by atoms with Gasteiger partial charge in [0.05, 0.1) is 7.11 Å². The van der Waals surface area contributed by atoms with Crippen LogP contribution < -0.4 is 5.32 Å². The number of nitrogens with zero attached hydrogens (tertiary/aromatic N) is 1. The number of thiazole rings is 1. The number of esters is 1. The first-order chi connectivity index (χ1) is 9.74. The van der Waals surface area contributed by atoms with Gasteiger partial charge < -0.3 is 10.1 Å². The molecule has 0 bridgehead atoms. The number of hydrogen-bond acceptors (Lipinski definition) is 6. The summed E-state index contributed by atoms with van der Waals surface area (Å²) in [5, 5.41) is 3.12. The van der Waals surface area contributed by atoms with Crippen molar-refractivity contribution in [1.82, 2.24) is 4.98 Å². The third-order valence-electron chi connectivity index (χ3n) is 2.49. The zero-order valence-corrected chi connectivity index (χ0v) is 12.4. The molecule has 21 heavy (non-hydrogen) atoms. The van der Waals surface area contributed by atoms with Crippen LogP contribution in [0.2, 0.25) is 0 Å². The van der Waals surface area contributed by atoms with Crippen LogP contribution in [-0.4, -0.2) is 36.6 Å². The Morgan fingerprint density at radius 2 is 2.00 bits per heavy atom. The number of ether oxygens (including phenoxy) is 1. The summed E-state index contributed by atoms with van der Waals surface area (Å²) in [6.07, 6.45) is -4.67. The van der Waals surface area contributed by atoms with Crippen LogP contribution in [0, 0.1) is 0 Å². The Hall–Kier alpha value is -1.64. The fraction of sp³-hybridized carbons (Fsp3) is 0.583. The van der Waals surface area contributed by atoms with Crippen molar-refractivity contribution < 1.29 is 27.5 Å². The molecule has 0 unspecified atom stereocenters. The lowest BCUT2D eigenvalue weighted by atomic mass is 10.2. The number of rotatable bonds is 7. The average Bonchev–Trinajstić information content (AvgIpc) is 2.80. The Morgan fingerprint density at radius 1 is 1.33 bits per heavy atom. The van der Waals surface area contributed by atoms with E-state index in [1.54, 1.807) is 0 Å². The highest BCUT2D eigenvalue weighted by molar-refractivity contribution is 7.17. The smallest absolute Gasteiger partial charge is 0.389 e. The normalized spacial score (nSPS) is 11.3. The number of halogens is 3. The molecule has 9 heteroatoms. The van der Waals surface area contributed by atoms with Gasteiger partial charge in [0, 0.05) is 19.9 Å². The number of methoxy groups -OCH3 is 1. The second kappa shape index (κ2) is 7.39. The lowest BCUT2D eigenvalue weighted by Crippen LogP contribution is -2.09. The van der Waals surface area contributed by atoms with E-state index in [1.165, 1.54) is 14.0 Å². The summed E-state index contributed by atoms with van der Waals surface area (Å²) in [6.45, 7) is 1.58. The Balaban J connectivity index is 2.56. The van der Waals surface area contributed by atoms with Crippen molar-refractivity contribution in [1.29, 1.82) is 0 Å². The van der Waals surface area contributed by atoms with Crippen molar-refractivity contribution >= 4 is 28.2 Å². The molecular weight excluding hydrogens is 309 g/mol. The predicted octanol–water partition coefficient (Wildman–Crippen LogP) is 3.28. The van der Waals surface area contributed by atoms with Crippen molar-refractivity contribution in [2.24, 2.45) is 0 Å². The summed E-state index contributed by atoms with van der Waals surface area (Å²) in [5.41, 5.74) is -0.0761. The minimum absolute atomic E-state index is 0.00526. The first-order valence-electron chi connectivity index (χ1n) is 6.15. The largest absolute Gasteiger partial charge is 0.464 e. The van der Waals surface area contributed by atoms with Gasteiger partial charge in [-0.3, -0.25) is 4.79 Å². The van der Waals surface area contributed by atoms with Crippen LogP contribution in [0.3, 0.4) is 0 Å². The molecule has 0 radical (unpaired) electrons. The number of alkyl halides is 3. The van der Waals surface area contributed by atoms with Gasteiger partial charge >= 0.3 is 12.1 Å². The quantitative estimate of drug-likeness (QED) is 0.473. The second-order valence-electron chi connectivity index (χ2n) is 4.24. The number of carbonyl (C=O) groups is 2. The van der Waals surface area contributed by atoms with E-state index in [0.717, 1.165) is 11.3 Å². The zero-order valence-electron chi connectivity index (χ0n) is 11.5. The molecule has 0 aliphatic rings. The minimum atomic E-state index is -4.15. The van der Waals surface area contributed by atoms with Crippen molar-refractivity contribution in [2.75, 3.05) is 19.0 Å². The summed E-state index contributed by atoms with van der Waals surface area (Å²) >= 11 is 0.980. The molecule has 0 amide bonds. The fourth-order valence-corrected chi connectivity index (χ4v) is 2.39. The molecule has 0 fully saturated rings. The molecule has 0 aromatic carbocycles. The van der Waals surface area contributed by atoms with Crippen molar-refractivity contribution in [2.45, 2.75) is 32.4 Å². The summed E-state index contributed by atoms with van der Waals surface area (Å²) in [5.74, 6) is -1.04. The fourth-order valence-electron chi connectivity index (χ4n) is 1.52. The molecular formula is C12H15F3N2O3S. The molecule has 5 nitrogen and oxygen atoms in total. The van der Waals surface area contributed by atoms with Crippen LogP contribution in [0.25, 0.3) is 0 Å². The second-order valence-corrected chi connectivity index (χ2v) is 5.24. The van der Waals surface area contributed by atoms with Gasteiger partial charge in [-0.25, -0.2) is 9.78 Å². The molecule has 1 heterocycles. The molecule has 0 aliphatic heterocycles. The topological polar surface area (TPSA) is 68.3 Å². The highest BCUT2D eigenvalue weighted by atomic mass is 32.1. The third kappa shape index (κ3) is 5.70. The summed E-state index contributed by atoms with van der Waals surface area (Å²) in [4.78, 5) is 27.0. The minimum Gasteiger partial charge on any atom is -0.464 e. The lowest BCUT2D eigenvalue weighted by Gasteiger charge is -2.05.